The maximum absolute atomic E-state index is 6.17. The van der Waals surface area contributed by atoms with E-state index in [2.05, 4.69) is 30.5 Å². The second-order valence-electron chi connectivity index (χ2n) is 4.54. The lowest BCUT2D eigenvalue weighted by Crippen LogP contribution is -2.32. The molecule has 0 atom stereocenters. The van der Waals surface area contributed by atoms with E-state index >= 15 is 0 Å². The van der Waals surface area contributed by atoms with Crippen LogP contribution in [0.4, 0.5) is 0 Å². The van der Waals surface area contributed by atoms with Gasteiger partial charge in [-0.2, -0.15) is 16.9 Å². The summed E-state index contributed by atoms with van der Waals surface area (Å²) < 4.78 is 2.09. The first kappa shape index (κ1) is 13.9. The van der Waals surface area contributed by atoms with Crippen LogP contribution in [-0.2, 0) is 13.6 Å². The molecule has 1 aromatic rings. The lowest BCUT2D eigenvalue weighted by molar-refractivity contribution is 0.567. The molecular formula is C11H20ClN3S. The first-order valence-electron chi connectivity index (χ1n) is 5.31. The van der Waals surface area contributed by atoms with E-state index in [-0.39, 0.29) is 4.75 Å². The predicted octanol–water partition coefficient (Wildman–Crippen LogP) is 2.61. The van der Waals surface area contributed by atoms with Crippen molar-refractivity contribution < 1.29 is 0 Å². The van der Waals surface area contributed by atoms with Gasteiger partial charge < -0.3 is 5.32 Å². The lowest BCUT2D eigenvalue weighted by atomic mass is 10.2. The van der Waals surface area contributed by atoms with Crippen LogP contribution in [0, 0.1) is 6.92 Å². The summed E-state index contributed by atoms with van der Waals surface area (Å²) in [6.07, 6.45) is 2.13. The largest absolute Gasteiger partial charge is 0.310 e. The number of halogens is 1. The van der Waals surface area contributed by atoms with Gasteiger partial charge in [0.05, 0.1) is 16.4 Å². The molecule has 1 N–H and O–H groups in total. The first-order chi connectivity index (χ1) is 7.37. The molecule has 0 unspecified atom stereocenters. The van der Waals surface area contributed by atoms with Crippen LogP contribution in [0.1, 0.15) is 25.2 Å². The summed E-state index contributed by atoms with van der Waals surface area (Å²) in [4.78, 5) is 0. The van der Waals surface area contributed by atoms with E-state index in [1.807, 2.05) is 30.4 Å². The molecule has 1 rings (SSSR count). The molecular weight excluding hydrogens is 242 g/mol. The maximum Gasteiger partial charge on any atom is 0.0860 e. The van der Waals surface area contributed by atoms with Gasteiger partial charge in [0.2, 0.25) is 0 Å². The molecule has 5 heteroatoms. The van der Waals surface area contributed by atoms with Crippen LogP contribution < -0.4 is 5.32 Å². The van der Waals surface area contributed by atoms with Crippen LogP contribution in [0.25, 0.3) is 0 Å². The second kappa shape index (κ2) is 5.43. The Balaban J connectivity index is 2.55. The molecule has 0 aliphatic rings. The van der Waals surface area contributed by atoms with Crippen molar-refractivity contribution in [2.45, 2.75) is 32.1 Å². The van der Waals surface area contributed by atoms with Gasteiger partial charge in [0, 0.05) is 24.9 Å². The molecule has 0 bridgehead atoms. The topological polar surface area (TPSA) is 29.9 Å². The fourth-order valence-corrected chi connectivity index (χ4v) is 1.90. The van der Waals surface area contributed by atoms with Crippen LogP contribution in [0.15, 0.2) is 0 Å². The molecule has 1 heterocycles. The number of aromatic nitrogens is 2. The van der Waals surface area contributed by atoms with E-state index in [1.165, 1.54) is 0 Å². The highest BCUT2D eigenvalue weighted by Crippen LogP contribution is 2.21. The Morgan fingerprint density at radius 3 is 2.56 bits per heavy atom. The van der Waals surface area contributed by atoms with Crippen molar-refractivity contribution in [3.05, 3.63) is 16.4 Å². The highest BCUT2D eigenvalue weighted by Gasteiger charge is 2.16. The fourth-order valence-electron chi connectivity index (χ4n) is 1.43. The van der Waals surface area contributed by atoms with Crippen molar-refractivity contribution in [2.75, 3.05) is 12.8 Å². The molecule has 3 nitrogen and oxygen atoms in total. The zero-order valence-electron chi connectivity index (χ0n) is 10.6. The normalized spacial score (nSPS) is 12.1. The van der Waals surface area contributed by atoms with E-state index in [1.54, 1.807) is 0 Å². The molecule has 0 aliphatic carbocycles. The van der Waals surface area contributed by atoms with Crippen LogP contribution in [0.3, 0.4) is 0 Å². The third-order valence-electron chi connectivity index (χ3n) is 2.66. The minimum Gasteiger partial charge on any atom is -0.310 e. The predicted molar refractivity (Wildman–Crippen MR) is 72.3 cm³/mol. The van der Waals surface area contributed by atoms with Crippen LogP contribution in [0.5, 0.6) is 0 Å². The standard InChI is InChI=1S/C11H20ClN3S/c1-8-10(12)9(15(4)14-8)6-13-7-11(2,3)16-5/h13H,6-7H2,1-5H3. The van der Waals surface area contributed by atoms with Gasteiger partial charge in [-0.05, 0) is 27.0 Å². The molecule has 92 valence electrons. The van der Waals surface area contributed by atoms with Crippen LogP contribution in [-0.4, -0.2) is 27.3 Å². The van der Waals surface area contributed by atoms with Crippen LogP contribution >= 0.6 is 23.4 Å². The highest BCUT2D eigenvalue weighted by atomic mass is 35.5. The molecule has 0 saturated carbocycles. The monoisotopic (exact) mass is 261 g/mol. The van der Waals surface area contributed by atoms with Crippen molar-refractivity contribution in [1.82, 2.24) is 15.1 Å². The Bertz CT molecular complexity index is 360. The second-order valence-corrected chi connectivity index (χ2v) is 6.43. The quantitative estimate of drug-likeness (QED) is 0.884. The molecule has 0 fully saturated rings. The summed E-state index contributed by atoms with van der Waals surface area (Å²) >= 11 is 8.03. The Kier molecular flexibility index (Phi) is 4.71. The summed E-state index contributed by atoms with van der Waals surface area (Å²) in [5.41, 5.74) is 1.95. The SMILES string of the molecule is CSC(C)(C)CNCc1c(Cl)c(C)nn1C. The summed E-state index contributed by atoms with van der Waals surface area (Å²) in [5, 5.41) is 8.48. The van der Waals surface area contributed by atoms with Crippen molar-refractivity contribution in [1.29, 1.82) is 0 Å². The Hall–Kier alpha value is -0.190. The minimum absolute atomic E-state index is 0.250. The van der Waals surface area contributed by atoms with Crippen LogP contribution in [0.2, 0.25) is 5.02 Å². The fraction of sp³-hybridized carbons (Fsp3) is 0.727. The Morgan fingerprint density at radius 1 is 1.50 bits per heavy atom. The van der Waals surface area contributed by atoms with Gasteiger partial charge in [-0.15, -0.1) is 0 Å². The van der Waals surface area contributed by atoms with Crippen molar-refractivity contribution in [3.8, 4) is 0 Å². The number of nitrogens with zero attached hydrogens (tertiary/aromatic N) is 2. The summed E-state index contributed by atoms with van der Waals surface area (Å²) in [5.74, 6) is 0. The average molecular weight is 262 g/mol. The number of nitrogens with one attached hydrogen (secondary N) is 1. The molecule has 0 amide bonds. The third-order valence-corrected chi connectivity index (χ3v) is 4.40. The number of thioether (sulfide) groups is 1. The van der Waals surface area contributed by atoms with Gasteiger partial charge >= 0.3 is 0 Å². The zero-order chi connectivity index (χ0) is 12.3. The molecule has 0 aliphatic heterocycles. The van der Waals surface area contributed by atoms with Gasteiger partial charge in [-0.25, -0.2) is 0 Å². The highest BCUT2D eigenvalue weighted by molar-refractivity contribution is 7.99. The van der Waals surface area contributed by atoms with Gasteiger partial charge in [-0.3, -0.25) is 4.68 Å². The number of hydrogen-bond donors (Lipinski definition) is 1. The Morgan fingerprint density at radius 2 is 2.12 bits per heavy atom. The lowest BCUT2D eigenvalue weighted by Gasteiger charge is -2.22. The molecule has 1 aromatic heterocycles. The average Bonchev–Trinajstić information content (AvgIpc) is 2.44. The van der Waals surface area contributed by atoms with E-state index < -0.39 is 0 Å². The number of rotatable bonds is 5. The minimum atomic E-state index is 0.250. The van der Waals surface area contributed by atoms with Crippen molar-refractivity contribution in [3.63, 3.8) is 0 Å². The molecule has 16 heavy (non-hydrogen) atoms. The smallest absolute Gasteiger partial charge is 0.0860 e. The van der Waals surface area contributed by atoms with E-state index in [9.17, 15) is 0 Å². The summed E-state index contributed by atoms with van der Waals surface area (Å²) in [6.45, 7) is 8.09. The molecule has 0 radical (unpaired) electrons. The van der Waals surface area contributed by atoms with E-state index in [0.29, 0.717) is 0 Å². The van der Waals surface area contributed by atoms with Gasteiger partial charge in [-0.1, -0.05) is 11.6 Å². The van der Waals surface area contributed by atoms with Gasteiger partial charge in [0.15, 0.2) is 0 Å². The zero-order valence-corrected chi connectivity index (χ0v) is 12.2. The molecule has 0 spiro atoms. The first-order valence-corrected chi connectivity index (χ1v) is 6.91. The number of hydrogen-bond acceptors (Lipinski definition) is 3. The Labute approximate surface area is 107 Å². The van der Waals surface area contributed by atoms with E-state index in [0.717, 1.165) is 29.5 Å². The number of aryl methyl sites for hydroxylation is 2. The maximum atomic E-state index is 6.17. The molecule has 0 aromatic carbocycles. The van der Waals surface area contributed by atoms with Gasteiger partial charge in [0.25, 0.3) is 0 Å². The molecule has 0 saturated heterocycles. The van der Waals surface area contributed by atoms with Crippen molar-refractivity contribution >= 4 is 23.4 Å². The third kappa shape index (κ3) is 3.40. The summed E-state index contributed by atoms with van der Waals surface area (Å²) in [7, 11) is 1.93. The summed E-state index contributed by atoms with van der Waals surface area (Å²) in [6, 6.07) is 0. The van der Waals surface area contributed by atoms with Crippen molar-refractivity contribution in [2.24, 2.45) is 7.05 Å². The van der Waals surface area contributed by atoms with E-state index in [4.69, 9.17) is 11.6 Å². The van der Waals surface area contributed by atoms with Gasteiger partial charge in [0.1, 0.15) is 0 Å².